The Kier molecular flexibility index (Phi) is 4.96. The van der Waals surface area contributed by atoms with E-state index < -0.39 is 0 Å². The SMILES string of the molecule is C#CCC(CC)NCc1ccc([N+](=O)[O-])s1. The number of nitrogens with zero attached hydrogens (tertiary/aromatic N) is 1. The highest BCUT2D eigenvalue weighted by atomic mass is 32.1. The first-order valence-corrected chi connectivity index (χ1v) is 5.89. The normalized spacial score (nSPS) is 12.0. The van der Waals surface area contributed by atoms with Gasteiger partial charge >= 0.3 is 5.00 Å². The van der Waals surface area contributed by atoms with Crippen molar-refractivity contribution >= 4 is 16.3 Å². The number of rotatable bonds is 6. The molecule has 86 valence electrons. The molecule has 0 radical (unpaired) electrons. The van der Waals surface area contributed by atoms with Crippen molar-refractivity contribution in [3.63, 3.8) is 0 Å². The van der Waals surface area contributed by atoms with Crippen molar-refractivity contribution in [1.82, 2.24) is 5.32 Å². The molecule has 0 saturated heterocycles. The summed E-state index contributed by atoms with van der Waals surface area (Å²) in [6.45, 7) is 2.70. The Balaban J connectivity index is 2.47. The van der Waals surface area contributed by atoms with Gasteiger partial charge in [0.25, 0.3) is 0 Å². The first-order chi connectivity index (χ1) is 7.67. The third kappa shape index (κ3) is 3.65. The second-order valence-electron chi connectivity index (χ2n) is 3.39. The second-order valence-corrected chi connectivity index (χ2v) is 4.54. The molecule has 0 spiro atoms. The molecule has 1 unspecified atom stereocenters. The van der Waals surface area contributed by atoms with Crippen LogP contribution in [0.2, 0.25) is 0 Å². The lowest BCUT2D eigenvalue weighted by atomic mass is 10.1. The van der Waals surface area contributed by atoms with E-state index in [0.717, 1.165) is 11.3 Å². The smallest absolute Gasteiger partial charge is 0.308 e. The van der Waals surface area contributed by atoms with Crippen molar-refractivity contribution < 1.29 is 4.92 Å². The number of thiophene rings is 1. The Hall–Kier alpha value is -1.38. The van der Waals surface area contributed by atoms with Gasteiger partial charge in [0.15, 0.2) is 0 Å². The first-order valence-electron chi connectivity index (χ1n) is 5.07. The number of hydrogen-bond acceptors (Lipinski definition) is 4. The van der Waals surface area contributed by atoms with Crippen molar-refractivity contribution in [3.05, 3.63) is 27.1 Å². The van der Waals surface area contributed by atoms with Crippen LogP contribution in [-0.4, -0.2) is 11.0 Å². The van der Waals surface area contributed by atoms with Gasteiger partial charge in [-0.05, 0) is 12.5 Å². The topological polar surface area (TPSA) is 55.2 Å². The summed E-state index contributed by atoms with van der Waals surface area (Å²) in [5, 5.41) is 13.9. The van der Waals surface area contributed by atoms with Crippen molar-refractivity contribution in [2.24, 2.45) is 0 Å². The molecule has 0 amide bonds. The summed E-state index contributed by atoms with van der Waals surface area (Å²) in [5.41, 5.74) is 0. The molecule has 0 bridgehead atoms. The van der Waals surface area contributed by atoms with Crippen LogP contribution in [-0.2, 0) is 6.54 Å². The molecule has 4 nitrogen and oxygen atoms in total. The summed E-state index contributed by atoms with van der Waals surface area (Å²) in [7, 11) is 0. The minimum absolute atomic E-state index is 0.182. The lowest BCUT2D eigenvalue weighted by molar-refractivity contribution is -0.380. The molecule has 0 fully saturated rings. The van der Waals surface area contributed by atoms with Crippen LogP contribution in [0.15, 0.2) is 12.1 Å². The lowest BCUT2D eigenvalue weighted by Crippen LogP contribution is -2.26. The summed E-state index contributed by atoms with van der Waals surface area (Å²) in [4.78, 5) is 11.1. The van der Waals surface area contributed by atoms with Crippen molar-refractivity contribution in [3.8, 4) is 12.3 Å². The van der Waals surface area contributed by atoms with Gasteiger partial charge in [-0.25, -0.2) is 0 Å². The van der Waals surface area contributed by atoms with Crippen LogP contribution in [0, 0.1) is 22.5 Å². The highest BCUT2D eigenvalue weighted by Gasteiger charge is 2.10. The second kappa shape index (κ2) is 6.26. The molecule has 16 heavy (non-hydrogen) atoms. The van der Waals surface area contributed by atoms with Gasteiger partial charge in [0.1, 0.15) is 0 Å². The Morgan fingerprint density at radius 1 is 1.69 bits per heavy atom. The average molecular weight is 238 g/mol. The van der Waals surface area contributed by atoms with Crippen LogP contribution in [0.5, 0.6) is 0 Å². The van der Waals surface area contributed by atoms with E-state index in [4.69, 9.17) is 6.42 Å². The molecule has 1 aromatic heterocycles. The van der Waals surface area contributed by atoms with E-state index >= 15 is 0 Å². The van der Waals surface area contributed by atoms with Gasteiger partial charge in [-0.2, -0.15) is 0 Å². The van der Waals surface area contributed by atoms with Gasteiger partial charge < -0.3 is 5.32 Å². The Labute approximate surface area is 98.8 Å². The number of terminal acetylenes is 1. The fraction of sp³-hybridized carbons (Fsp3) is 0.455. The number of nitrogens with one attached hydrogen (secondary N) is 1. The molecule has 0 aromatic carbocycles. The van der Waals surface area contributed by atoms with Crippen LogP contribution in [0.25, 0.3) is 0 Å². The molecular formula is C11H14N2O2S. The summed E-state index contributed by atoms with van der Waals surface area (Å²) in [5.74, 6) is 2.61. The van der Waals surface area contributed by atoms with E-state index in [1.54, 1.807) is 6.07 Å². The van der Waals surface area contributed by atoms with Gasteiger partial charge in [0.2, 0.25) is 0 Å². The zero-order chi connectivity index (χ0) is 12.0. The summed E-state index contributed by atoms with van der Waals surface area (Å²) in [6, 6.07) is 3.59. The predicted molar refractivity (Wildman–Crippen MR) is 65.3 cm³/mol. The third-order valence-corrected chi connectivity index (χ3v) is 3.29. The van der Waals surface area contributed by atoms with Crippen LogP contribution in [0.4, 0.5) is 5.00 Å². The Morgan fingerprint density at radius 2 is 2.44 bits per heavy atom. The fourth-order valence-corrected chi connectivity index (χ4v) is 2.08. The maximum atomic E-state index is 10.5. The van der Waals surface area contributed by atoms with Crippen LogP contribution < -0.4 is 5.32 Å². The zero-order valence-corrected chi connectivity index (χ0v) is 9.92. The van der Waals surface area contributed by atoms with Gasteiger partial charge in [-0.1, -0.05) is 18.3 Å². The fourth-order valence-electron chi connectivity index (χ4n) is 1.31. The first kappa shape index (κ1) is 12.7. The summed E-state index contributed by atoms with van der Waals surface area (Å²) >= 11 is 1.20. The zero-order valence-electron chi connectivity index (χ0n) is 9.10. The standard InChI is InChI=1S/C11H14N2O2S/c1-3-5-9(4-2)12-8-10-6-7-11(16-10)13(14)15/h1,6-7,9,12H,4-5,8H2,2H3. The highest BCUT2D eigenvalue weighted by Crippen LogP contribution is 2.23. The average Bonchev–Trinajstić information content (AvgIpc) is 2.73. The van der Waals surface area contributed by atoms with Crippen molar-refractivity contribution in [1.29, 1.82) is 0 Å². The van der Waals surface area contributed by atoms with E-state index in [1.807, 2.05) is 0 Å². The van der Waals surface area contributed by atoms with Crippen molar-refractivity contribution in [2.75, 3.05) is 0 Å². The summed E-state index contributed by atoms with van der Waals surface area (Å²) in [6.07, 6.45) is 6.88. The minimum Gasteiger partial charge on any atom is -0.308 e. The molecular weight excluding hydrogens is 224 g/mol. The van der Waals surface area contributed by atoms with Gasteiger partial charge in [-0.3, -0.25) is 10.1 Å². The molecule has 1 atom stereocenters. The molecule has 1 N–H and O–H groups in total. The molecule has 0 aliphatic carbocycles. The van der Waals surface area contributed by atoms with Gasteiger partial charge in [0, 0.05) is 30.0 Å². The van der Waals surface area contributed by atoms with E-state index in [1.165, 1.54) is 17.4 Å². The lowest BCUT2D eigenvalue weighted by Gasteiger charge is -2.12. The van der Waals surface area contributed by atoms with E-state index in [0.29, 0.717) is 13.0 Å². The third-order valence-electron chi connectivity index (χ3n) is 2.25. The van der Waals surface area contributed by atoms with Crippen LogP contribution >= 0.6 is 11.3 Å². The quantitative estimate of drug-likeness (QED) is 0.471. The van der Waals surface area contributed by atoms with Gasteiger partial charge in [-0.15, -0.1) is 12.3 Å². The van der Waals surface area contributed by atoms with Crippen molar-refractivity contribution in [2.45, 2.75) is 32.4 Å². The monoisotopic (exact) mass is 238 g/mol. The molecule has 5 heteroatoms. The molecule has 1 heterocycles. The highest BCUT2D eigenvalue weighted by molar-refractivity contribution is 7.15. The van der Waals surface area contributed by atoms with E-state index in [-0.39, 0.29) is 16.0 Å². The number of nitro groups is 1. The van der Waals surface area contributed by atoms with Gasteiger partial charge in [0.05, 0.1) is 4.92 Å². The maximum Gasteiger partial charge on any atom is 0.324 e. The van der Waals surface area contributed by atoms with Crippen LogP contribution in [0.1, 0.15) is 24.6 Å². The molecule has 1 aromatic rings. The molecule has 1 rings (SSSR count). The van der Waals surface area contributed by atoms with E-state index in [2.05, 4.69) is 18.2 Å². The predicted octanol–water partition coefficient (Wildman–Crippen LogP) is 2.55. The van der Waals surface area contributed by atoms with E-state index in [9.17, 15) is 10.1 Å². The summed E-state index contributed by atoms with van der Waals surface area (Å²) < 4.78 is 0. The Morgan fingerprint density at radius 3 is 2.94 bits per heavy atom. The minimum atomic E-state index is -0.368. The molecule has 0 saturated carbocycles. The molecule has 0 aliphatic rings. The Bertz CT molecular complexity index is 395. The largest absolute Gasteiger partial charge is 0.324 e. The maximum absolute atomic E-state index is 10.5. The van der Waals surface area contributed by atoms with Crippen LogP contribution in [0.3, 0.4) is 0 Å². The molecule has 0 aliphatic heterocycles. The number of hydrogen-bond donors (Lipinski definition) is 1.